The first-order valence-corrected chi connectivity index (χ1v) is 4.05. The van der Waals surface area contributed by atoms with E-state index in [2.05, 4.69) is 18.7 Å². The van der Waals surface area contributed by atoms with E-state index in [1.807, 2.05) is 0 Å². The molecule has 1 aliphatic rings. The summed E-state index contributed by atoms with van der Waals surface area (Å²) < 4.78 is 0. The van der Waals surface area contributed by atoms with Crippen LogP contribution < -0.4 is 0 Å². The second-order valence-electron chi connectivity index (χ2n) is 3.19. The molecule has 1 heterocycles. The van der Waals surface area contributed by atoms with Crippen LogP contribution in [0.15, 0.2) is 0 Å². The average Bonchev–Trinajstić information content (AvgIpc) is 1.90. The second kappa shape index (κ2) is 3.21. The van der Waals surface area contributed by atoms with Crippen molar-refractivity contribution >= 4 is 0 Å². The normalized spacial score (nSPS) is 23.0. The number of piperidine rings is 1. The van der Waals surface area contributed by atoms with Gasteiger partial charge in [0.2, 0.25) is 0 Å². The largest absolute Gasteiger partial charge is 0.301 e. The van der Waals surface area contributed by atoms with Crippen LogP contribution in [0.5, 0.6) is 0 Å². The minimum atomic E-state index is 0.769. The lowest BCUT2D eigenvalue weighted by atomic mass is 10.1. The average molecular weight is 127 g/mol. The van der Waals surface area contributed by atoms with Crippen LogP contribution in [-0.4, -0.2) is 24.0 Å². The summed E-state index contributed by atoms with van der Waals surface area (Å²) in [5.41, 5.74) is 0. The summed E-state index contributed by atoms with van der Waals surface area (Å²) in [6.45, 7) is 7.23. The van der Waals surface area contributed by atoms with Crippen LogP contribution in [0.2, 0.25) is 0 Å². The van der Waals surface area contributed by atoms with Gasteiger partial charge >= 0.3 is 0 Å². The quantitative estimate of drug-likeness (QED) is 0.520. The van der Waals surface area contributed by atoms with E-state index in [9.17, 15) is 0 Å². The van der Waals surface area contributed by atoms with Gasteiger partial charge in [0.1, 0.15) is 0 Å². The minimum Gasteiger partial charge on any atom is -0.301 e. The zero-order chi connectivity index (χ0) is 6.69. The van der Waals surface area contributed by atoms with Gasteiger partial charge in [-0.15, -0.1) is 0 Å². The minimum absolute atomic E-state index is 0.769. The van der Waals surface area contributed by atoms with Gasteiger partial charge < -0.3 is 4.90 Å². The summed E-state index contributed by atoms with van der Waals surface area (Å²) >= 11 is 0. The van der Waals surface area contributed by atoms with Crippen molar-refractivity contribution in [3.63, 3.8) is 0 Å². The Balaban J connectivity index is 2.23. The molecule has 1 saturated heterocycles. The Bertz CT molecular complexity index is 72.6. The van der Waals surface area contributed by atoms with E-state index in [0.29, 0.717) is 0 Å². The van der Waals surface area contributed by atoms with Crippen LogP contribution in [-0.2, 0) is 0 Å². The van der Waals surface area contributed by atoms with E-state index in [1.165, 1.54) is 32.4 Å². The van der Waals surface area contributed by atoms with E-state index >= 15 is 0 Å². The molecule has 0 N–H and O–H groups in total. The molecule has 1 heteroatoms. The number of hydrogen-bond donors (Lipinski definition) is 0. The number of rotatable bonds is 1. The standard InChI is InChI=1S/C8H17N/c1-8(2)9-6-4-3-5-7-9/h8H,3-7H2,1-2H3. The highest BCUT2D eigenvalue weighted by molar-refractivity contribution is 4.67. The van der Waals surface area contributed by atoms with Crippen molar-refractivity contribution in [1.29, 1.82) is 0 Å². The summed E-state index contributed by atoms with van der Waals surface area (Å²) in [5.74, 6) is 0. The zero-order valence-corrected chi connectivity index (χ0v) is 6.56. The third-order valence-corrected chi connectivity index (χ3v) is 2.12. The Labute approximate surface area is 58.0 Å². The first-order valence-electron chi connectivity index (χ1n) is 4.05. The molecule has 9 heavy (non-hydrogen) atoms. The molecule has 0 aliphatic carbocycles. The highest BCUT2D eigenvalue weighted by Gasteiger charge is 2.11. The molecule has 0 spiro atoms. The fraction of sp³-hybridized carbons (Fsp3) is 1.00. The van der Waals surface area contributed by atoms with Gasteiger partial charge in [-0.1, -0.05) is 6.42 Å². The maximum absolute atomic E-state index is 2.56. The van der Waals surface area contributed by atoms with Crippen LogP contribution >= 0.6 is 0 Å². The Morgan fingerprint density at radius 3 is 1.89 bits per heavy atom. The van der Waals surface area contributed by atoms with Gasteiger partial charge in [0.25, 0.3) is 0 Å². The Morgan fingerprint density at radius 1 is 1.00 bits per heavy atom. The van der Waals surface area contributed by atoms with Crippen LogP contribution in [0.1, 0.15) is 33.1 Å². The van der Waals surface area contributed by atoms with Crippen molar-refractivity contribution in [2.45, 2.75) is 39.2 Å². The summed E-state index contributed by atoms with van der Waals surface area (Å²) in [7, 11) is 0. The fourth-order valence-electron chi connectivity index (χ4n) is 1.43. The molecular weight excluding hydrogens is 110 g/mol. The van der Waals surface area contributed by atoms with E-state index in [1.54, 1.807) is 0 Å². The van der Waals surface area contributed by atoms with Crippen molar-refractivity contribution in [3.05, 3.63) is 0 Å². The highest BCUT2D eigenvalue weighted by atomic mass is 15.1. The Morgan fingerprint density at radius 2 is 1.56 bits per heavy atom. The van der Waals surface area contributed by atoms with Gasteiger partial charge in [0, 0.05) is 6.04 Å². The molecule has 0 unspecified atom stereocenters. The maximum atomic E-state index is 2.56. The first-order chi connectivity index (χ1) is 4.30. The Kier molecular flexibility index (Phi) is 2.52. The zero-order valence-electron chi connectivity index (χ0n) is 6.56. The maximum Gasteiger partial charge on any atom is 0.00385 e. The summed E-state index contributed by atoms with van der Waals surface area (Å²) in [4.78, 5) is 2.56. The molecule has 54 valence electrons. The Hall–Kier alpha value is -0.0400. The lowest BCUT2D eigenvalue weighted by Gasteiger charge is -2.29. The van der Waals surface area contributed by atoms with Crippen LogP contribution in [0.3, 0.4) is 0 Å². The first kappa shape index (κ1) is 7.07. The predicted octanol–water partition coefficient (Wildman–Crippen LogP) is 1.88. The molecular formula is C8H17N. The molecule has 0 aromatic heterocycles. The van der Waals surface area contributed by atoms with Crippen LogP contribution in [0, 0.1) is 0 Å². The van der Waals surface area contributed by atoms with Gasteiger partial charge in [0.15, 0.2) is 0 Å². The second-order valence-corrected chi connectivity index (χ2v) is 3.19. The monoisotopic (exact) mass is 127 g/mol. The van der Waals surface area contributed by atoms with Crippen molar-refractivity contribution < 1.29 is 0 Å². The third kappa shape index (κ3) is 1.98. The van der Waals surface area contributed by atoms with Gasteiger partial charge in [-0.25, -0.2) is 0 Å². The molecule has 1 fully saturated rings. The molecule has 0 bridgehead atoms. The molecule has 0 radical (unpaired) electrons. The SMILES string of the molecule is CC(C)N1CCCCC1. The van der Waals surface area contributed by atoms with Crippen molar-refractivity contribution in [2.75, 3.05) is 13.1 Å². The van der Waals surface area contributed by atoms with Crippen molar-refractivity contribution in [1.82, 2.24) is 4.90 Å². The van der Waals surface area contributed by atoms with Crippen molar-refractivity contribution in [3.8, 4) is 0 Å². The fourth-order valence-corrected chi connectivity index (χ4v) is 1.43. The van der Waals surface area contributed by atoms with E-state index < -0.39 is 0 Å². The molecule has 1 rings (SSSR count). The smallest absolute Gasteiger partial charge is 0.00385 e. The topological polar surface area (TPSA) is 3.24 Å². The number of nitrogens with zero attached hydrogens (tertiary/aromatic N) is 1. The van der Waals surface area contributed by atoms with Gasteiger partial charge in [0.05, 0.1) is 0 Å². The molecule has 0 saturated carbocycles. The van der Waals surface area contributed by atoms with Gasteiger partial charge in [-0.05, 0) is 39.8 Å². The summed E-state index contributed by atoms with van der Waals surface area (Å²) in [6.07, 6.45) is 4.28. The van der Waals surface area contributed by atoms with E-state index in [-0.39, 0.29) is 0 Å². The highest BCUT2D eigenvalue weighted by Crippen LogP contribution is 2.10. The predicted molar refractivity (Wildman–Crippen MR) is 40.6 cm³/mol. The molecule has 1 nitrogen and oxygen atoms in total. The third-order valence-electron chi connectivity index (χ3n) is 2.12. The van der Waals surface area contributed by atoms with E-state index in [0.717, 1.165) is 6.04 Å². The molecule has 0 amide bonds. The lowest BCUT2D eigenvalue weighted by Crippen LogP contribution is -2.35. The van der Waals surface area contributed by atoms with Gasteiger partial charge in [-0.3, -0.25) is 0 Å². The summed E-state index contributed by atoms with van der Waals surface area (Å²) in [5, 5.41) is 0. The molecule has 0 atom stereocenters. The molecule has 1 aliphatic heterocycles. The molecule has 0 aromatic rings. The molecule has 0 aromatic carbocycles. The lowest BCUT2D eigenvalue weighted by molar-refractivity contribution is 0.185. The summed E-state index contributed by atoms with van der Waals surface area (Å²) in [6, 6.07) is 0.769. The van der Waals surface area contributed by atoms with E-state index in [4.69, 9.17) is 0 Å². The van der Waals surface area contributed by atoms with Crippen LogP contribution in [0.25, 0.3) is 0 Å². The van der Waals surface area contributed by atoms with Gasteiger partial charge in [-0.2, -0.15) is 0 Å². The number of likely N-dealkylation sites (tertiary alicyclic amines) is 1. The van der Waals surface area contributed by atoms with Crippen LogP contribution in [0.4, 0.5) is 0 Å². The number of hydrogen-bond acceptors (Lipinski definition) is 1. The van der Waals surface area contributed by atoms with Crippen molar-refractivity contribution in [2.24, 2.45) is 0 Å².